The zero-order chi connectivity index (χ0) is 19.6. The lowest BCUT2D eigenvalue weighted by Crippen LogP contribution is -2.46. The second-order valence-corrected chi connectivity index (χ2v) is 7.65. The number of piperidine rings is 1. The van der Waals surface area contributed by atoms with Gasteiger partial charge in [0.1, 0.15) is 5.82 Å². The van der Waals surface area contributed by atoms with Crippen LogP contribution in [0.3, 0.4) is 0 Å². The number of rotatable bonds is 5. The van der Waals surface area contributed by atoms with E-state index in [-0.39, 0.29) is 17.8 Å². The van der Waals surface area contributed by atoms with Crippen molar-refractivity contribution in [2.24, 2.45) is 13.0 Å². The molecule has 0 bridgehead atoms. The van der Waals surface area contributed by atoms with E-state index in [2.05, 4.69) is 15.3 Å². The fraction of sp³-hybridized carbons (Fsp3) is 0.524. The third kappa shape index (κ3) is 4.56. The summed E-state index contributed by atoms with van der Waals surface area (Å²) in [6.45, 7) is 7.60. The molecule has 0 aliphatic carbocycles. The van der Waals surface area contributed by atoms with Crippen LogP contribution < -0.4 is 5.32 Å². The number of amides is 1. The van der Waals surface area contributed by atoms with E-state index in [0.717, 1.165) is 55.0 Å². The van der Waals surface area contributed by atoms with E-state index in [0.29, 0.717) is 5.92 Å². The minimum absolute atomic E-state index is 0.0118. The van der Waals surface area contributed by atoms with Crippen molar-refractivity contribution in [1.82, 2.24) is 14.7 Å². The molecule has 2 aromatic rings. The number of nitrogens with one attached hydrogen (secondary N) is 1. The summed E-state index contributed by atoms with van der Waals surface area (Å²) in [4.78, 5) is 14.9. The van der Waals surface area contributed by atoms with E-state index in [4.69, 9.17) is 0 Å². The Balaban J connectivity index is 1.53. The minimum Gasteiger partial charge on any atom is -0.322 e. The number of hydrogen-bond donors (Lipinski definition) is 1. The summed E-state index contributed by atoms with van der Waals surface area (Å²) in [6, 6.07) is 6.69. The van der Waals surface area contributed by atoms with Crippen molar-refractivity contribution in [3.05, 3.63) is 47.0 Å². The third-order valence-corrected chi connectivity index (χ3v) is 5.75. The van der Waals surface area contributed by atoms with Crippen molar-refractivity contribution in [2.75, 3.05) is 18.4 Å². The molecule has 0 spiro atoms. The van der Waals surface area contributed by atoms with E-state index in [9.17, 15) is 9.18 Å². The number of carbonyl (C=O) groups is 1. The summed E-state index contributed by atoms with van der Waals surface area (Å²) in [5.74, 6) is 0.384. The van der Waals surface area contributed by atoms with Crippen molar-refractivity contribution in [1.29, 1.82) is 0 Å². The number of aromatic nitrogens is 2. The standard InChI is InChI=1S/C21H29FN4O/c1-14-20(15(2)25(4)24-14)23-21(27)16(3)26-10-8-17(9-11-26)12-18-6-5-7-19(22)13-18/h5-7,13,16-17H,8-12H2,1-4H3,(H,23,27). The van der Waals surface area contributed by atoms with Gasteiger partial charge in [0.2, 0.25) is 5.91 Å². The SMILES string of the molecule is Cc1nn(C)c(C)c1NC(=O)C(C)N1CCC(Cc2cccc(F)c2)CC1. The molecule has 27 heavy (non-hydrogen) atoms. The van der Waals surface area contributed by atoms with Crippen LogP contribution in [0.15, 0.2) is 24.3 Å². The molecule has 1 aliphatic heterocycles. The lowest BCUT2D eigenvalue weighted by molar-refractivity contribution is -0.121. The van der Waals surface area contributed by atoms with Crippen molar-refractivity contribution in [3.8, 4) is 0 Å². The number of nitrogens with zero attached hydrogens (tertiary/aromatic N) is 3. The van der Waals surface area contributed by atoms with Gasteiger partial charge >= 0.3 is 0 Å². The number of anilines is 1. The topological polar surface area (TPSA) is 50.2 Å². The Labute approximate surface area is 160 Å². The number of halogens is 1. The largest absolute Gasteiger partial charge is 0.322 e. The molecule has 3 rings (SSSR count). The van der Waals surface area contributed by atoms with Crippen LogP contribution in [0.5, 0.6) is 0 Å². The van der Waals surface area contributed by atoms with E-state index < -0.39 is 0 Å². The van der Waals surface area contributed by atoms with Gasteiger partial charge in [-0.05, 0) is 76.7 Å². The van der Waals surface area contributed by atoms with Gasteiger partial charge in [0.25, 0.3) is 0 Å². The normalized spacial score (nSPS) is 17.1. The molecule has 1 atom stereocenters. The molecular weight excluding hydrogens is 343 g/mol. The summed E-state index contributed by atoms with van der Waals surface area (Å²) >= 11 is 0. The van der Waals surface area contributed by atoms with Gasteiger partial charge < -0.3 is 5.32 Å². The maximum absolute atomic E-state index is 13.4. The number of likely N-dealkylation sites (tertiary alicyclic amines) is 1. The molecule has 146 valence electrons. The van der Waals surface area contributed by atoms with Gasteiger partial charge in [0, 0.05) is 7.05 Å². The molecule has 1 saturated heterocycles. The molecule has 1 N–H and O–H groups in total. The molecule has 1 fully saturated rings. The molecule has 0 radical (unpaired) electrons. The number of benzene rings is 1. The highest BCUT2D eigenvalue weighted by Crippen LogP contribution is 2.24. The highest BCUT2D eigenvalue weighted by Gasteiger charge is 2.27. The monoisotopic (exact) mass is 372 g/mol. The van der Waals surface area contributed by atoms with Crippen LogP contribution in [0.2, 0.25) is 0 Å². The Bertz CT molecular complexity index is 809. The zero-order valence-corrected chi connectivity index (χ0v) is 16.6. The summed E-state index contributed by atoms with van der Waals surface area (Å²) in [7, 11) is 1.88. The minimum atomic E-state index is -0.181. The van der Waals surface area contributed by atoms with E-state index in [1.165, 1.54) is 6.07 Å². The van der Waals surface area contributed by atoms with Crippen LogP contribution >= 0.6 is 0 Å². The molecule has 1 aliphatic rings. The van der Waals surface area contributed by atoms with Crippen molar-refractivity contribution in [3.63, 3.8) is 0 Å². The first-order chi connectivity index (χ1) is 12.8. The smallest absolute Gasteiger partial charge is 0.241 e. The van der Waals surface area contributed by atoms with Crippen LogP contribution in [-0.2, 0) is 18.3 Å². The summed E-state index contributed by atoms with van der Waals surface area (Å²) in [5, 5.41) is 7.40. The Morgan fingerprint density at radius 1 is 1.33 bits per heavy atom. The Morgan fingerprint density at radius 2 is 2.04 bits per heavy atom. The molecule has 1 aromatic heterocycles. The van der Waals surface area contributed by atoms with Gasteiger partial charge in [-0.3, -0.25) is 14.4 Å². The van der Waals surface area contributed by atoms with Crippen LogP contribution in [0, 0.1) is 25.6 Å². The van der Waals surface area contributed by atoms with Gasteiger partial charge in [-0.1, -0.05) is 12.1 Å². The lowest BCUT2D eigenvalue weighted by Gasteiger charge is -2.35. The maximum Gasteiger partial charge on any atom is 0.241 e. The van der Waals surface area contributed by atoms with Gasteiger partial charge in [-0.25, -0.2) is 4.39 Å². The van der Waals surface area contributed by atoms with Crippen molar-refractivity contribution < 1.29 is 9.18 Å². The summed E-state index contributed by atoms with van der Waals surface area (Å²) in [6.07, 6.45) is 2.96. The van der Waals surface area contributed by atoms with Crippen molar-refractivity contribution in [2.45, 2.75) is 46.1 Å². The average Bonchev–Trinajstić information content (AvgIpc) is 2.88. The first kappa shape index (κ1) is 19.5. The summed E-state index contributed by atoms with van der Waals surface area (Å²) in [5.41, 5.74) is 3.67. The van der Waals surface area contributed by atoms with Crippen LogP contribution in [0.1, 0.15) is 36.7 Å². The highest BCUT2D eigenvalue weighted by molar-refractivity contribution is 5.95. The fourth-order valence-corrected chi connectivity index (χ4v) is 3.89. The molecule has 6 heteroatoms. The quantitative estimate of drug-likeness (QED) is 0.874. The predicted octanol–water partition coefficient (Wildman–Crippen LogP) is 3.46. The fourth-order valence-electron chi connectivity index (χ4n) is 3.89. The van der Waals surface area contributed by atoms with E-state index in [1.807, 2.05) is 33.9 Å². The molecule has 1 aromatic carbocycles. The number of hydrogen-bond acceptors (Lipinski definition) is 3. The first-order valence-corrected chi connectivity index (χ1v) is 9.64. The summed E-state index contributed by atoms with van der Waals surface area (Å²) < 4.78 is 15.1. The van der Waals surface area contributed by atoms with Gasteiger partial charge in [0.05, 0.1) is 23.1 Å². The lowest BCUT2D eigenvalue weighted by atomic mass is 9.89. The Kier molecular flexibility index (Phi) is 5.95. The second-order valence-electron chi connectivity index (χ2n) is 7.65. The molecular formula is C21H29FN4O. The number of aryl methyl sites for hydroxylation is 2. The molecule has 1 amide bonds. The van der Waals surface area contributed by atoms with Gasteiger partial charge in [-0.15, -0.1) is 0 Å². The predicted molar refractivity (Wildman–Crippen MR) is 105 cm³/mol. The molecule has 2 heterocycles. The third-order valence-electron chi connectivity index (χ3n) is 5.75. The first-order valence-electron chi connectivity index (χ1n) is 9.64. The van der Waals surface area contributed by atoms with Gasteiger partial charge in [-0.2, -0.15) is 5.10 Å². The molecule has 5 nitrogen and oxygen atoms in total. The highest BCUT2D eigenvalue weighted by atomic mass is 19.1. The van der Waals surface area contributed by atoms with Gasteiger partial charge in [0.15, 0.2) is 0 Å². The number of carbonyl (C=O) groups excluding carboxylic acids is 1. The Morgan fingerprint density at radius 3 is 2.63 bits per heavy atom. The molecule has 1 unspecified atom stereocenters. The maximum atomic E-state index is 13.4. The second kappa shape index (κ2) is 8.21. The van der Waals surface area contributed by atoms with Crippen LogP contribution in [0.4, 0.5) is 10.1 Å². The average molecular weight is 372 g/mol. The van der Waals surface area contributed by atoms with E-state index in [1.54, 1.807) is 16.8 Å². The van der Waals surface area contributed by atoms with Crippen molar-refractivity contribution >= 4 is 11.6 Å². The van der Waals surface area contributed by atoms with Crippen LogP contribution in [-0.4, -0.2) is 39.7 Å². The molecule has 0 saturated carbocycles. The van der Waals surface area contributed by atoms with Crippen LogP contribution in [0.25, 0.3) is 0 Å². The zero-order valence-electron chi connectivity index (χ0n) is 16.6. The van der Waals surface area contributed by atoms with E-state index >= 15 is 0 Å². The Hall–Kier alpha value is -2.21.